The summed E-state index contributed by atoms with van der Waals surface area (Å²) in [6.07, 6.45) is 5.57. The predicted molar refractivity (Wildman–Crippen MR) is 95.5 cm³/mol. The number of nitrogens with one attached hydrogen (secondary N) is 1. The molecule has 4 nitrogen and oxygen atoms in total. The molecule has 3 fully saturated rings. The molecule has 0 aliphatic carbocycles. The third-order valence-electron chi connectivity index (χ3n) is 5.98. The maximum Gasteiger partial charge on any atom is 0.227 e. The van der Waals surface area contributed by atoms with Gasteiger partial charge in [0.05, 0.1) is 5.92 Å². The fourth-order valence-corrected chi connectivity index (χ4v) is 4.70. The topological polar surface area (TPSA) is 35.6 Å². The Bertz CT molecular complexity index is 623. The lowest BCUT2D eigenvalue weighted by atomic mass is 9.95. The molecule has 4 rings (SSSR count). The van der Waals surface area contributed by atoms with E-state index >= 15 is 0 Å². The second kappa shape index (κ2) is 7.42. The summed E-state index contributed by atoms with van der Waals surface area (Å²) >= 11 is 0. The summed E-state index contributed by atoms with van der Waals surface area (Å²) in [4.78, 5) is 17.5. The van der Waals surface area contributed by atoms with Gasteiger partial charge in [-0.15, -0.1) is 0 Å². The summed E-state index contributed by atoms with van der Waals surface area (Å²) in [5.74, 6) is 0.242. The van der Waals surface area contributed by atoms with Crippen molar-refractivity contribution in [2.75, 3.05) is 26.2 Å². The Balaban J connectivity index is 1.36. The largest absolute Gasteiger partial charge is 0.341 e. The zero-order valence-corrected chi connectivity index (χ0v) is 14.8. The van der Waals surface area contributed by atoms with Crippen LogP contribution < -0.4 is 5.32 Å². The molecule has 1 aromatic carbocycles. The zero-order valence-electron chi connectivity index (χ0n) is 14.8. The smallest absolute Gasteiger partial charge is 0.227 e. The van der Waals surface area contributed by atoms with Crippen LogP contribution in [0.5, 0.6) is 0 Å². The van der Waals surface area contributed by atoms with Gasteiger partial charge in [0.25, 0.3) is 0 Å². The van der Waals surface area contributed by atoms with Gasteiger partial charge in [-0.2, -0.15) is 0 Å². The molecule has 0 aromatic heterocycles. The van der Waals surface area contributed by atoms with Gasteiger partial charge in [-0.1, -0.05) is 12.1 Å². The highest BCUT2D eigenvalue weighted by atomic mass is 19.1. The average molecular weight is 345 g/mol. The van der Waals surface area contributed by atoms with Gasteiger partial charge >= 0.3 is 0 Å². The molecule has 3 saturated heterocycles. The number of fused-ring (bicyclic) bond motifs is 2. The Morgan fingerprint density at radius 1 is 1.12 bits per heavy atom. The van der Waals surface area contributed by atoms with Gasteiger partial charge in [0.15, 0.2) is 0 Å². The van der Waals surface area contributed by atoms with E-state index in [1.54, 1.807) is 12.1 Å². The van der Waals surface area contributed by atoms with Gasteiger partial charge in [0.2, 0.25) is 5.91 Å². The summed E-state index contributed by atoms with van der Waals surface area (Å²) in [7, 11) is 0. The van der Waals surface area contributed by atoms with E-state index in [4.69, 9.17) is 0 Å². The maximum atomic E-state index is 13.4. The van der Waals surface area contributed by atoms with Crippen LogP contribution in [0.15, 0.2) is 24.3 Å². The van der Waals surface area contributed by atoms with Crippen LogP contribution in [-0.2, 0) is 11.3 Å². The molecule has 3 unspecified atom stereocenters. The minimum atomic E-state index is -0.186. The lowest BCUT2D eigenvalue weighted by Crippen LogP contribution is -2.47. The van der Waals surface area contributed by atoms with E-state index in [2.05, 4.69) is 15.1 Å². The van der Waals surface area contributed by atoms with Gasteiger partial charge in [-0.25, -0.2) is 4.39 Å². The summed E-state index contributed by atoms with van der Waals surface area (Å²) in [6.45, 7) is 4.29. The number of rotatable bonds is 3. The van der Waals surface area contributed by atoms with Crippen LogP contribution in [0.25, 0.3) is 0 Å². The molecule has 1 N–H and O–H groups in total. The molecule has 0 radical (unpaired) electrons. The molecule has 1 amide bonds. The lowest BCUT2D eigenvalue weighted by molar-refractivity contribution is -0.137. The number of amides is 1. The molecular weight excluding hydrogens is 317 g/mol. The number of halogens is 1. The molecule has 25 heavy (non-hydrogen) atoms. The highest BCUT2D eigenvalue weighted by Crippen LogP contribution is 2.25. The molecule has 0 spiro atoms. The number of benzene rings is 1. The molecule has 3 aliphatic rings. The van der Waals surface area contributed by atoms with Gasteiger partial charge < -0.3 is 10.2 Å². The van der Waals surface area contributed by atoms with Crippen molar-refractivity contribution < 1.29 is 9.18 Å². The Labute approximate surface area is 149 Å². The lowest BCUT2D eigenvalue weighted by Gasteiger charge is -2.35. The number of nitrogens with zero attached hydrogens (tertiary/aromatic N) is 2. The van der Waals surface area contributed by atoms with Crippen LogP contribution in [0.2, 0.25) is 0 Å². The Kier molecular flexibility index (Phi) is 5.04. The van der Waals surface area contributed by atoms with Crippen LogP contribution in [0, 0.1) is 11.7 Å². The fourth-order valence-electron chi connectivity index (χ4n) is 4.70. The van der Waals surface area contributed by atoms with Crippen LogP contribution in [0.1, 0.15) is 37.7 Å². The van der Waals surface area contributed by atoms with Crippen molar-refractivity contribution in [1.82, 2.24) is 15.1 Å². The van der Waals surface area contributed by atoms with Crippen molar-refractivity contribution in [3.05, 3.63) is 35.6 Å². The van der Waals surface area contributed by atoms with E-state index in [0.29, 0.717) is 18.0 Å². The minimum Gasteiger partial charge on any atom is -0.341 e. The number of hydrogen-bond acceptors (Lipinski definition) is 3. The first kappa shape index (κ1) is 17.0. The van der Waals surface area contributed by atoms with E-state index < -0.39 is 0 Å². The van der Waals surface area contributed by atoms with E-state index in [-0.39, 0.29) is 11.7 Å². The van der Waals surface area contributed by atoms with Crippen molar-refractivity contribution in [3.8, 4) is 0 Å². The highest BCUT2D eigenvalue weighted by Gasteiger charge is 2.35. The predicted octanol–water partition coefficient (Wildman–Crippen LogP) is 2.39. The van der Waals surface area contributed by atoms with E-state index in [9.17, 15) is 9.18 Å². The molecule has 2 bridgehead atoms. The molecule has 3 aliphatic heterocycles. The molecule has 1 aromatic rings. The van der Waals surface area contributed by atoms with E-state index in [1.807, 2.05) is 6.07 Å². The van der Waals surface area contributed by atoms with Crippen molar-refractivity contribution in [3.63, 3.8) is 0 Å². The fraction of sp³-hybridized carbons (Fsp3) is 0.650. The van der Waals surface area contributed by atoms with Crippen LogP contribution in [0.4, 0.5) is 4.39 Å². The first-order valence-electron chi connectivity index (χ1n) is 9.69. The van der Waals surface area contributed by atoms with Crippen LogP contribution >= 0.6 is 0 Å². The van der Waals surface area contributed by atoms with Crippen molar-refractivity contribution >= 4 is 5.91 Å². The standard InChI is InChI=1S/C20H28FN3O/c21-17-5-1-3-15(11-17)12-23-9-2-4-16(13-23)20(25)24-10-8-18-6-7-19(14-24)22-18/h1,3,5,11,16,18-19,22H,2,4,6-10,12-14H2. The van der Waals surface area contributed by atoms with E-state index in [1.165, 1.54) is 18.9 Å². The second-order valence-electron chi connectivity index (χ2n) is 7.91. The number of carbonyl (C=O) groups excluding carboxylic acids is 1. The number of likely N-dealkylation sites (tertiary alicyclic amines) is 2. The number of carbonyl (C=O) groups is 1. The molecule has 5 heteroatoms. The average Bonchev–Trinajstić information content (AvgIpc) is 2.93. The Hall–Kier alpha value is -1.46. The summed E-state index contributed by atoms with van der Waals surface area (Å²) < 4.78 is 13.4. The molecule has 3 atom stereocenters. The van der Waals surface area contributed by atoms with Crippen molar-refractivity contribution in [1.29, 1.82) is 0 Å². The molecular formula is C20H28FN3O. The quantitative estimate of drug-likeness (QED) is 0.914. The summed E-state index contributed by atoms with van der Waals surface area (Å²) in [5.41, 5.74) is 0.990. The molecule has 3 heterocycles. The first-order chi connectivity index (χ1) is 12.2. The molecule has 0 saturated carbocycles. The number of hydrogen-bond donors (Lipinski definition) is 1. The van der Waals surface area contributed by atoms with Crippen LogP contribution in [-0.4, -0.2) is 54.0 Å². The van der Waals surface area contributed by atoms with Crippen molar-refractivity contribution in [2.24, 2.45) is 5.92 Å². The van der Waals surface area contributed by atoms with Crippen molar-refractivity contribution in [2.45, 2.75) is 50.7 Å². The van der Waals surface area contributed by atoms with Gasteiger partial charge in [0, 0.05) is 38.3 Å². The first-order valence-corrected chi connectivity index (χ1v) is 9.69. The van der Waals surface area contributed by atoms with Crippen LogP contribution in [0.3, 0.4) is 0 Å². The zero-order chi connectivity index (χ0) is 17.2. The van der Waals surface area contributed by atoms with Gasteiger partial charge in [-0.05, 0) is 56.3 Å². The third-order valence-corrected chi connectivity index (χ3v) is 5.98. The van der Waals surface area contributed by atoms with Gasteiger partial charge in [0.1, 0.15) is 5.82 Å². The maximum absolute atomic E-state index is 13.4. The SMILES string of the molecule is O=C(C1CCCN(Cc2cccc(F)c2)C1)N1CCC2CCC(C1)N2. The second-order valence-corrected chi connectivity index (χ2v) is 7.91. The normalized spacial score (nSPS) is 30.3. The number of piperidine rings is 1. The molecule has 136 valence electrons. The Morgan fingerprint density at radius 3 is 2.88 bits per heavy atom. The minimum absolute atomic E-state index is 0.0962. The summed E-state index contributed by atoms with van der Waals surface area (Å²) in [6, 6.07) is 7.90. The third kappa shape index (κ3) is 4.04. The summed E-state index contributed by atoms with van der Waals surface area (Å²) in [5, 5.41) is 3.65. The van der Waals surface area contributed by atoms with E-state index in [0.717, 1.165) is 57.5 Å². The monoisotopic (exact) mass is 345 g/mol. The highest BCUT2D eigenvalue weighted by molar-refractivity contribution is 5.79. The van der Waals surface area contributed by atoms with Gasteiger partial charge in [-0.3, -0.25) is 9.69 Å². The Morgan fingerprint density at radius 2 is 2.00 bits per heavy atom.